The molecular weight excluding hydrogens is 340 g/mol. The minimum absolute atomic E-state index is 0.0329. The number of hydrogen-bond acceptors (Lipinski definition) is 4. The van der Waals surface area contributed by atoms with Gasteiger partial charge in [-0.25, -0.2) is 4.98 Å². The molecule has 2 aliphatic rings. The van der Waals surface area contributed by atoms with Crippen LogP contribution in [0.4, 0.5) is 11.5 Å². The largest absolute Gasteiger partial charge is 0.383 e. The van der Waals surface area contributed by atoms with Crippen LogP contribution in [0.2, 0.25) is 0 Å². The van der Waals surface area contributed by atoms with E-state index in [0.29, 0.717) is 29.9 Å². The van der Waals surface area contributed by atoms with E-state index >= 15 is 0 Å². The fourth-order valence-corrected chi connectivity index (χ4v) is 4.49. The summed E-state index contributed by atoms with van der Waals surface area (Å²) in [6.07, 6.45) is 4.84. The number of carbonyl (C=O) groups is 2. The molecule has 6 nitrogen and oxygen atoms in total. The number of fused-ring (bicyclic) bond motifs is 2. The lowest BCUT2D eigenvalue weighted by Crippen LogP contribution is -2.47. The van der Waals surface area contributed by atoms with E-state index in [0.717, 1.165) is 30.4 Å². The van der Waals surface area contributed by atoms with Gasteiger partial charge in [0.05, 0.1) is 17.9 Å². The molecule has 0 spiro atoms. The van der Waals surface area contributed by atoms with Crippen LogP contribution < -0.4 is 11.1 Å². The minimum Gasteiger partial charge on any atom is -0.383 e. The molecule has 1 aromatic heterocycles. The second kappa shape index (κ2) is 7.02. The molecule has 2 aromatic rings. The Kier molecular flexibility index (Phi) is 4.56. The van der Waals surface area contributed by atoms with Crippen LogP contribution in [-0.2, 0) is 9.59 Å². The SMILES string of the molecule is Cc1cc(NC(=O)C(=O)N2C[C@@H]3CC[C@@H](C3)[C@@H]2c2ccccc2)cnc1N. The van der Waals surface area contributed by atoms with E-state index in [9.17, 15) is 9.59 Å². The van der Waals surface area contributed by atoms with Crippen molar-refractivity contribution in [1.82, 2.24) is 9.88 Å². The third kappa shape index (κ3) is 3.39. The number of benzene rings is 1. The number of anilines is 2. The highest BCUT2D eigenvalue weighted by Gasteiger charge is 2.44. The molecule has 140 valence electrons. The Balaban J connectivity index is 1.56. The molecule has 4 rings (SSSR count). The summed E-state index contributed by atoms with van der Waals surface area (Å²) < 4.78 is 0. The lowest BCUT2D eigenvalue weighted by Gasteiger charge is -2.40. The second-order valence-corrected chi connectivity index (χ2v) is 7.63. The van der Waals surface area contributed by atoms with Crippen molar-refractivity contribution >= 4 is 23.3 Å². The van der Waals surface area contributed by atoms with Crippen molar-refractivity contribution < 1.29 is 9.59 Å². The molecule has 2 heterocycles. The van der Waals surface area contributed by atoms with Crippen LogP contribution in [0.1, 0.15) is 36.4 Å². The monoisotopic (exact) mass is 364 g/mol. The van der Waals surface area contributed by atoms with E-state index in [-0.39, 0.29) is 6.04 Å². The van der Waals surface area contributed by atoms with Gasteiger partial charge in [0.25, 0.3) is 0 Å². The molecule has 6 heteroatoms. The van der Waals surface area contributed by atoms with E-state index < -0.39 is 11.8 Å². The third-order valence-electron chi connectivity index (χ3n) is 5.79. The van der Waals surface area contributed by atoms with Gasteiger partial charge in [-0.3, -0.25) is 9.59 Å². The van der Waals surface area contributed by atoms with Gasteiger partial charge in [0.1, 0.15) is 5.82 Å². The molecular formula is C21H24N4O2. The summed E-state index contributed by atoms with van der Waals surface area (Å²) in [5.74, 6) is 0.227. The number of aryl methyl sites for hydroxylation is 1. The molecule has 0 unspecified atom stereocenters. The summed E-state index contributed by atoms with van der Waals surface area (Å²) in [6.45, 7) is 2.45. The fraction of sp³-hybridized carbons (Fsp3) is 0.381. The highest BCUT2D eigenvalue weighted by atomic mass is 16.2. The van der Waals surface area contributed by atoms with Gasteiger partial charge >= 0.3 is 11.8 Å². The van der Waals surface area contributed by atoms with Gasteiger partial charge in [0, 0.05) is 6.54 Å². The van der Waals surface area contributed by atoms with E-state index in [2.05, 4.69) is 22.4 Å². The first-order valence-corrected chi connectivity index (χ1v) is 9.42. The van der Waals surface area contributed by atoms with Crippen molar-refractivity contribution in [2.45, 2.75) is 32.2 Å². The lowest BCUT2D eigenvalue weighted by atomic mass is 9.86. The molecule has 27 heavy (non-hydrogen) atoms. The summed E-state index contributed by atoms with van der Waals surface area (Å²) in [5.41, 5.74) is 8.07. The van der Waals surface area contributed by atoms with Crippen molar-refractivity contribution in [3.05, 3.63) is 53.7 Å². The maximum atomic E-state index is 13.0. The van der Waals surface area contributed by atoms with Crippen LogP contribution in [-0.4, -0.2) is 28.2 Å². The first kappa shape index (κ1) is 17.5. The quantitative estimate of drug-likeness (QED) is 0.802. The van der Waals surface area contributed by atoms with Gasteiger partial charge in [-0.2, -0.15) is 0 Å². The number of likely N-dealkylation sites (tertiary alicyclic amines) is 1. The van der Waals surface area contributed by atoms with Crippen molar-refractivity contribution in [2.75, 3.05) is 17.6 Å². The minimum atomic E-state index is -0.622. The maximum absolute atomic E-state index is 13.0. The van der Waals surface area contributed by atoms with Crippen molar-refractivity contribution in [1.29, 1.82) is 0 Å². The summed E-state index contributed by atoms with van der Waals surface area (Å²) in [4.78, 5) is 31.5. The molecule has 2 fully saturated rings. The van der Waals surface area contributed by atoms with E-state index in [1.54, 1.807) is 11.0 Å². The van der Waals surface area contributed by atoms with Crippen molar-refractivity contribution in [3.63, 3.8) is 0 Å². The summed E-state index contributed by atoms with van der Waals surface area (Å²) >= 11 is 0. The number of rotatable bonds is 2. The Hall–Kier alpha value is -2.89. The Morgan fingerprint density at radius 2 is 2.00 bits per heavy atom. The predicted molar refractivity (Wildman–Crippen MR) is 104 cm³/mol. The zero-order valence-electron chi connectivity index (χ0n) is 15.4. The summed E-state index contributed by atoms with van der Waals surface area (Å²) in [5, 5.41) is 2.68. The first-order chi connectivity index (χ1) is 13.0. The van der Waals surface area contributed by atoms with Crippen LogP contribution in [0.3, 0.4) is 0 Å². The molecule has 2 amide bonds. The Labute approximate surface area is 158 Å². The number of aromatic nitrogens is 1. The van der Waals surface area contributed by atoms with Crippen LogP contribution in [0.25, 0.3) is 0 Å². The predicted octanol–water partition coefficient (Wildman–Crippen LogP) is 2.91. The zero-order valence-corrected chi connectivity index (χ0v) is 15.4. The number of piperidine rings is 1. The Bertz CT molecular complexity index is 868. The van der Waals surface area contributed by atoms with Gasteiger partial charge in [-0.1, -0.05) is 30.3 Å². The third-order valence-corrected chi connectivity index (χ3v) is 5.79. The second-order valence-electron chi connectivity index (χ2n) is 7.63. The summed E-state index contributed by atoms with van der Waals surface area (Å²) in [7, 11) is 0. The number of nitrogens with one attached hydrogen (secondary N) is 1. The fourth-order valence-electron chi connectivity index (χ4n) is 4.49. The molecule has 0 radical (unpaired) electrons. The molecule has 1 aliphatic heterocycles. The average molecular weight is 364 g/mol. The number of carbonyl (C=O) groups excluding carboxylic acids is 2. The topological polar surface area (TPSA) is 88.3 Å². The van der Waals surface area contributed by atoms with E-state index in [1.807, 2.05) is 25.1 Å². The highest BCUT2D eigenvalue weighted by molar-refractivity contribution is 6.39. The molecule has 1 saturated carbocycles. The molecule has 2 bridgehead atoms. The van der Waals surface area contributed by atoms with Crippen LogP contribution in [0.15, 0.2) is 42.6 Å². The van der Waals surface area contributed by atoms with Crippen LogP contribution in [0, 0.1) is 18.8 Å². The van der Waals surface area contributed by atoms with E-state index in [1.165, 1.54) is 6.20 Å². The standard InChI is InChI=1S/C21H24N4O2/c1-13-9-17(11-23-19(13)22)24-20(26)21(27)25-12-14-7-8-16(10-14)18(25)15-5-3-2-4-6-15/h2-6,9,11,14,16,18H,7-8,10,12H2,1H3,(H2,22,23)(H,24,26)/t14-,16+,18+/m1/s1. The van der Waals surface area contributed by atoms with Gasteiger partial charge in [0.2, 0.25) is 0 Å². The molecule has 3 N–H and O–H groups in total. The van der Waals surface area contributed by atoms with Gasteiger partial charge < -0.3 is 16.0 Å². The number of pyridine rings is 1. The normalized spacial score (nSPS) is 23.9. The molecule has 1 aromatic carbocycles. The average Bonchev–Trinajstić information content (AvgIpc) is 3.05. The smallest absolute Gasteiger partial charge is 0.313 e. The molecule has 1 aliphatic carbocycles. The Morgan fingerprint density at radius 1 is 1.22 bits per heavy atom. The number of nitrogens with zero attached hydrogens (tertiary/aromatic N) is 2. The lowest BCUT2D eigenvalue weighted by molar-refractivity contribution is -0.147. The van der Waals surface area contributed by atoms with Crippen molar-refractivity contribution in [2.24, 2.45) is 11.8 Å². The number of nitrogen functional groups attached to an aromatic ring is 1. The number of amides is 2. The molecule has 3 atom stereocenters. The van der Waals surface area contributed by atoms with Gasteiger partial charge in [0.15, 0.2) is 0 Å². The maximum Gasteiger partial charge on any atom is 0.313 e. The van der Waals surface area contributed by atoms with Crippen molar-refractivity contribution in [3.8, 4) is 0 Å². The van der Waals surface area contributed by atoms with Crippen LogP contribution in [0.5, 0.6) is 0 Å². The zero-order chi connectivity index (χ0) is 19.0. The number of hydrogen-bond donors (Lipinski definition) is 2. The van der Waals surface area contributed by atoms with Gasteiger partial charge in [-0.05, 0) is 55.2 Å². The number of nitrogens with two attached hydrogens (primary N) is 1. The van der Waals surface area contributed by atoms with Crippen LogP contribution >= 0.6 is 0 Å². The highest BCUT2D eigenvalue weighted by Crippen LogP contribution is 2.47. The molecule has 1 saturated heterocycles. The Morgan fingerprint density at radius 3 is 2.74 bits per heavy atom. The summed E-state index contributed by atoms with van der Waals surface area (Å²) in [6, 6.07) is 11.7. The van der Waals surface area contributed by atoms with E-state index in [4.69, 9.17) is 5.73 Å². The first-order valence-electron chi connectivity index (χ1n) is 9.42. The van der Waals surface area contributed by atoms with Gasteiger partial charge in [-0.15, -0.1) is 0 Å².